The van der Waals surface area contributed by atoms with E-state index in [1.165, 1.54) is 42.7 Å². The third kappa shape index (κ3) is 19.1. The van der Waals surface area contributed by atoms with Crippen LogP contribution in [0.3, 0.4) is 0 Å². The summed E-state index contributed by atoms with van der Waals surface area (Å²) in [5.41, 5.74) is 21.1. The highest BCUT2D eigenvalue weighted by Gasteiger charge is 2.15. The zero-order valence-electron chi connectivity index (χ0n) is 46.9. The number of oxazole rings is 3. The first-order valence-electron chi connectivity index (χ1n) is 26.7. The number of nitro groups is 2. The molecule has 4 N–H and O–H groups in total. The van der Waals surface area contributed by atoms with Crippen molar-refractivity contribution in [1.82, 2.24) is 15.0 Å². The molecule has 1 amide bonds. The minimum absolute atomic E-state index is 0.0281. The number of hydrogen-bond donors (Lipinski definition) is 2. The molecule has 450 valence electrons. The molecule has 17 nitrogen and oxygen atoms in total. The molecule has 0 fully saturated rings. The van der Waals surface area contributed by atoms with Gasteiger partial charge in [0.1, 0.15) is 35.9 Å². The first-order chi connectivity index (χ1) is 43.4. The molecule has 0 saturated carbocycles. The second-order valence-corrected chi connectivity index (χ2v) is 21.3. The molecule has 3 aromatic heterocycles. The van der Waals surface area contributed by atoms with Gasteiger partial charge in [-0.05, 0) is 115 Å². The molecule has 0 aliphatic carbocycles. The minimum atomic E-state index is -0.593. The quantitative estimate of drug-likeness (QED) is 0.0337. The molecule has 0 unspecified atom stereocenters. The van der Waals surface area contributed by atoms with Gasteiger partial charge in [-0.3, -0.25) is 34.6 Å². The van der Waals surface area contributed by atoms with E-state index in [2.05, 4.69) is 30.9 Å². The number of anilines is 1. The van der Waals surface area contributed by atoms with Crippen LogP contribution in [0.5, 0.6) is 0 Å². The fourth-order valence-corrected chi connectivity index (χ4v) is 9.16. The summed E-state index contributed by atoms with van der Waals surface area (Å²) in [7, 11) is 0. The number of amides is 1. The van der Waals surface area contributed by atoms with Gasteiger partial charge in [-0.2, -0.15) is 0 Å². The number of hydrogen-bond acceptors (Lipinski definition) is 14. The third-order valence-electron chi connectivity index (χ3n) is 12.6. The van der Waals surface area contributed by atoms with Crippen LogP contribution in [0.4, 0.5) is 17.1 Å². The van der Waals surface area contributed by atoms with Gasteiger partial charge in [-0.25, -0.2) is 15.0 Å². The minimum Gasteiger partial charge on any atom is -0.444 e. The number of nitrogens with zero attached hydrogens (tertiary/aromatic N) is 5. The summed E-state index contributed by atoms with van der Waals surface area (Å²) in [5, 5.41) is 23.7. The summed E-state index contributed by atoms with van der Waals surface area (Å²) in [6.45, 7) is 0. The Kier molecular flexibility index (Phi) is 23.4. The second-order valence-electron chi connectivity index (χ2n) is 19.0. The maximum absolute atomic E-state index is 12.3. The number of nitro benzene ring substituents is 2. The predicted molar refractivity (Wildman–Crippen MR) is 354 cm³/mol. The van der Waals surface area contributed by atoms with Crippen LogP contribution in [-0.2, 0) is 6.42 Å². The van der Waals surface area contributed by atoms with E-state index in [9.17, 15) is 34.6 Å². The lowest BCUT2D eigenvalue weighted by Gasteiger charge is -2.02. The molecular weight excluding hydrogens is 1300 g/mol. The van der Waals surface area contributed by atoms with Crippen LogP contribution in [0.25, 0.3) is 68.1 Å². The number of carbonyl (C=O) groups is 3. The molecule has 0 aliphatic rings. The van der Waals surface area contributed by atoms with Gasteiger partial charge in [0.15, 0.2) is 11.6 Å². The van der Waals surface area contributed by atoms with Crippen LogP contribution in [0, 0.1) is 20.2 Å². The maximum atomic E-state index is 12.3. The average molecular weight is 1340 g/mol. The van der Waals surface area contributed by atoms with Gasteiger partial charge in [0.2, 0.25) is 23.6 Å². The largest absolute Gasteiger partial charge is 0.444 e. The van der Waals surface area contributed by atoms with Gasteiger partial charge < -0.3 is 24.7 Å². The standard InChI is InChI=1S/C23H16ClNO2.C15H9ClN2O3.C15H11ClN2O.C8H6BrClO.C7H6N2O3/c24-20-8-4-7-19(14-20)21-15-27-23(25-21)18-11-9-16(10-12-18)13-22(26)17-5-2-1-3-6-17;16-12-3-1-2-11(8-12)14-9-21-15(17-14)10-4-6-13(7-5-10)18(19)20;16-12-3-1-2-11(8-12)14-9-19-15(18-14)10-4-6-13(17)7-5-10;9-5-8(11)6-2-1-3-7(10)4-6;8-7(10)5-1-3-6(4-2-5)9(11)12/h1-12,14-15H,13H2;1-9H;1-9H,17H2;1-4H,5H2;1-4H,(H2,8,10). The normalized spacial score (nSPS) is 10.3. The summed E-state index contributed by atoms with van der Waals surface area (Å²) in [5.74, 6) is 1.06. The Morgan fingerprint density at radius 3 is 1.17 bits per heavy atom. The monoisotopic (exact) mass is 1340 g/mol. The molecule has 3 heterocycles. The van der Waals surface area contributed by atoms with Gasteiger partial charge in [0.05, 0.1) is 15.2 Å². The molecular formula is C68H48BrCl4N7O10. The molecule has 0 bridgehead atoms. The summed E-state index contributed by atoms with van der Waals surface area (Å²) < 4.78 is 16.5. The van der Waals surface area contributed by atoms with Crippen LogP contribution >= 0.6 is 62.3 Å². The van der Waals surface area contributed by atoms with Crippen molar-refractivity contribution in [3.05, 3.63) is 306 Å². The molecule has 0 spiro atoms. The zero-order chi connectivity index (χ0) is 64.1. The Hall–Kier alpha value is -10.3. The van der Waals surface area contributed by atoms with Crippen LogP contribution in [0.15, 0.2) is 256 Å². The molecule has 9 aromatic carbocycles. The number of benzene rings is 9. The maximum Gasteiger partial charge on any atom is 0.269 e. The van der Waals surface area contributed by atoms with Gasteiger partial charge in [-0.1, -0.05) is 153 Å². The van der Waals surface area contributed by atoms with Crippen LogP contribution < -0.4 is 11.5 Å². The van der Waals surface area contributed by atoms with Crippen molar-refractivity contribution in [2.45, 2.75) is 6.42 Å². The van der Waals surface area contributed by atoms with Crippen molar-refractivity contribution in [2.24, 2.45) is 5.73 Å². The summed E-state index contributed by atoms with van der Waals surface area (Å²) in [6.07, 6.45) is 5.14. The van der Waals surface area contributed by atoms with E-state index >= 15 is 0 Å². The van der Waals surface area contributed by atoms with Crippen LogP contribution in [-0.4, -0.2) is 47.6 Å². The topological polar surface area (TPSA) is 268 Å². The molecule has 90 heavy (non-hydrogen) atoms. The molecule has 0 atom stereocenters. The Labute approximate surface area is 543 Å². The number of nitrogens with two attached hydrogens (primary N) is 2. The zero-order valence-corrected chi connectivity index (χ0v) is 51.5. The van der Waals surface area contributed by atoms with Gasteiger partial charge >= 0.3 is 0 Å². The fraction of sp³-hybridized carbons (Fsp3) is 0.0294. The second kappa shape index (κ2) is 32.1. The Bertz CT molecular complexity index is 4380. The van der Waals surface area contributed by atoms with Crippen LogP contribution in [0.1, 0.15) is 36.6 Å². The first kappa shape index (κ1) is 65.6. The van der Waals surface area contributed by atoms with Gasteiger partial charge in [-0.15, -0.1) is 0 Å². The van der Waals surface area contributed by atoms with E-state index in [1.54, 1.807) is 61.1 Å². The third-order valence-corrected chi connectivity index (χ3v) is 14.1. The highest BCUT2D eigenvalue weighted by Crippen LogP contribution is 2.30. The number of alkyl halides is 1. The number of aromatic nitrogens is 3. The van der Waals surface area contributed by atoms with Crippen molar-refractivity contribution in [3.8, 4) is 68.1 Å². The molecule has 12 aromatic rings. The molecule has 0 aliphatic heterocycles. The average Bonchev–Trinajstić information content (AvgIpc) is 3.62. The van der Waals surface area contributed by atoms with E-state index in [1.807, 2.05) is 140 Å². The van der Waals surface area contributed by atoms with E-state index < -0.39 is 15.8 Å². The Balaban J connectivity index is 0.000000151. The number of non-ortho nitro benzene ring substituents is 2. The van der Waals surface area contributed by atoms with Crippen molar-refractivity contribution in [2.75, 3.05) is 11.1 Å². The van der Waals surface area contributed by atoms with Crippen LogP contribution in [0.2, 0.25) is 20.1 Å². The van der Waals surface area contributed by atoms with E-state index in [4.69, 9.17) is 71.1 Å². The van der Waals surface area contributed by atoms with Gasteiger partial charge in [0.25, 0.3) is 11.4 Å². The van der Waals surface area contributed by atoms with E-state index in [0.717, 1.165) is 50.3 Å². The lowest BCUT2D eigenvalue weighted by Crippen LogP contribution is -2.10. The molecule has 12 rings (SSSR count). The van der Waals surface area contributed by atoms with Crippen molar-refractivity contribution in [1.29, 1.82) is 0 Å². The predicted octanol–water partition coefficient (Wildman–Crippen LogP) is 18.5. The number of ketones is 2. The van der Waals surface area contributed by atoms with E-state index in [0.29, 0.717) is 72.0 Å². The van der Waals surface area contributed by atoms with Crippen molar-refractivity contribution in [3.63, 3.8) is 0 Å². The number of primary amides is 1. The Morgan fingerprint density at radius 2 is 0.789 bits per heavy atom. The highest BCUT2D eigenvalue weighted by molar-refractivity contribution is 9.09. The number of halogens is 5. The highest BCUT2D eigenvalue weighted by atomic mass is 79.9. The number of carbonyl (C=O) groups excluding carboxylic acids is 3. The fourth-order valence-electron chi connectivity index (χ4n) is 8.07. The molecule has 22 heteroatoms. The number of rotatable bonds is 14. The summed E-state index contributed by atoms with van der Waals surface area (Å²) in [4.78, 5) is 67.1. The SMILES string of the molecule is NC(=O)c1ccc([N+](=O)[O-])cc1.Nc1ccc(-c2nc(-c3cccc(Cl)c3)co2)cc1.O=C(CBr)c1cccc(Cl)c1.O=C(Cc1ccc(-c2nc(-c3cccc(Cl)c3)co2)cc1)c1ccccc1.O=[N+]([O-])c1ccc(-c2nc(-c3cccc(Cl)c3)co2)cc1. The Morgan fingerprint density at radius 1 is 0.422 bits per heavy atom. The summed E-state index contributed by atoms with van der Waals surface area (Å²) >= 11 is 26.7. The summed E-state index contributed by atoms with van der Waals surface area (Å²) in [6, 6.07) is 64.7. The lowest BCUT2D eigenvalue weighted by atomic mass is 10.0. The van der Waals surface area contributed by atoms with Crippen molar-refractivity contribution < 1.29 is 37.5 Å². The number of nitrogen functional groups attached to an aromatic ring is 1. The van der Waals surface area contributed by atoms with Crippen molar-refractivity contribution >= 4 is 96.9 Å². The molecule has 0 saturated heterocycles. The molecule has 0 radical (unpaired) electrons. The number of Topliss-reactive ketones (excluding diaryl/α,β-unsaturated/α-hetero) is 2. The smallest absolute Gasteiger partial charge is 0.269 e. The van der Waals surface area contributed by atoms with E-state index in [-0.39, 0.29) is 28.5 Å². The lowest BCUT2D eigenvalue weighted by molar-refractivity contribution is -0.385. The first-order valence-corrected chi connectivity index (χ1v) is 29.3. The van der Waals surface area contributed by atoms with Gasteiger partial charge in [0, 0.05) is 107 Å².